The highest BCUT2D eigenvalue weighted by Gasteiger charge is 2.21. The molecule has 3 rings (SSSR count). The lowest BCUT2D eigenvalue weighted by atomic mass is 10.0. The Bertz CT molecular complexity index is 1240. The smallest absolute Gasteiger partial charge is 0.407 e. The van der Waals surface area contributed by atoms with E-state index in [-0.39, 0.29) is 18.2 Å². The van der Waals surface area contributed by atoms with Crippen LogP contribution in [0.25, 0.3) is 21.7 Å². The van der Waals surface area contributed by atoms with Crippen LogP contribution in [0.4, 0.5) is 4.79 Å². The molecule has 1 amide bonds. The van der Waals surface area contributed by atoms with E-state index >= 15 is 0 Å². The summed E-state index contributed by atoms with van der Waals surface area (Å²) >= 11 is 3.62. The maximum absolute atomic E-state index is 13.0. The molecule has 0 aliphatic carbocycles. The highest BCUT2D eigenvalue weighted by molar-refractivity contribution is 9.10. The third-order valence-corrected chi connectivity index (χ3v) is 5.90. The van der Waals surface area contributed by atoms with Crippen LogP contribution in [0.1, 0.15) is 46.7 Å². The van der Waals surface area contributed by atoms with Gasteiger partial charge in [0.25, 0.3) is 5.56 Å². The number of pyridine rings is 2. The van der Waals surface area contributed by atoms with E-state index in [1.54, 1.807) is 17.8 Å². The van der Waals surface area contributed by atoms with Crippen molar-refractivity contribution in [2.75, 3.05) is 6.61 Å². The highest BCUT2D eigenvalue weighted by Crippen LogP contribution is 2.33. The molecule has 0 bridgehead atoms. The molecule has 2 heterocycles. The van der Waals surface area contributed by atoms with Gasteiger partial charge in [-0.2, -0.15) is 0 Å². The lowest BCUT2D eigenvalue weighted by molar-refractivity contribution is 0.0480. The van der Waals surface area contributed by atoms with Gasteiger partial charge in [-0.15, -0.1) is 0 Å². The number of alkyl carbamates (subject to hydrolysis) is 1. The highest BCUT2D eigenvalue weighted by atomic mass is 79.9. The third-order valence-electron chi connectivity index (χ3n) is 5.28. The summed E-state index contributed by atoms with van der Waals surface area (Å²) < 4.78 is 13.9. The zero-order valence-corrected chi connectivity index (χ0v) is 21.9. The number of carbonyl (C=O) groups is 1. The largest absolute Gasteiger partial charge is 0.490 e. The Morgan fingerprint density at radius 3 is 2.58 bits per heavy atom. The van der Waals surface area contributed by atoms with Gasteiger partial charge in [-0.25, -0.2) is 4.79 Å². The van der Waals surface area contributed by atoms with Gasteiger partial charge in [0.05, 0.1) is 27.1 Å². The van der Waals surface area contributed by atoms with Crippen LogP contribution < -0.4 is 15.6 Å². The fraction of sp³-hybridized carbons (Fsp3) is 0.480. The minimum atomic E-state index is -0.573. The first-order chi connectivity index (χ1) is 15.4. The molecule has 0 spiro atoms. The van der Waals surface area contributed by atoms with Crippen LogP contribution in [-0.2, 0) is 11.8 Å². The van der Waals surface area contributed by atoms with Crippen LogP contribution in [0, 0.1) is 12.8 Å². The standard InChI is InChI=1S/C25H32BrN3O4/c1-14(2)10-16(28-24(31)33-25(4,5)6)13-32-21-12-20-18(11-19(21)26)17-8-9-27-15(3)22(17)23(30)29(20)7/h8-9,11-12,14,16H,10,13H2,1-7H3,(H,28,31)/t16-/m1/s1. The van der Waals surface area contributed by atoms with E-state index < -0.39 is 11.7 Å². The first-order valence-electron chi connectivity index (χ1n) is 11.1. The van der Waals surface area contributed by atoms with Gasteiger partial charge >= 0.3 is 6.09 Å². The summed E-state index contributed by atoms with van der Waals surface area (Å²) in [6.07, 6.45) is 1.99. The second-order valence-corrected chi connectivity index (χ2v) is 10.6. The Kier molecular flexibility index (Phi) is 7.36. The van der Waals surface area contributed by atoms with Crippen molar-refractivity contribution in [1.29, 1.82) is 0 Å². The summed E-state index contributed by atoms with van der Waals surface area (Å²) in [5.41, 5.74) is 0.796. The van der Waals surface area contributed by atoms with Crippen LogP contribution in [0.5, 0.6) is 5.75 Å². The number of fused-ring (bicyclic) bond motifs is 3. The molecule has 33 heavy (non-hydrogen) atoms. The topological polar surface area (TPSA) is 82.5 Å². The van der Waals surface area contributed by atoms with Gasteiger partial charge < -0.3 is 19.4 Å². The average Bonchev–Trinajstić information content (AvgIpc) is 2.68. The summed E-state index contributed by atoms with van der Waals surface area (Å²) in [5, 5.41) is 5.33. The fourth-order valence-electron chi connectivity index (χ4n) is 3.89. The Balaban J connectivity index is 1.92. The number of amides is 1. The van der Waals surface area contributed by atoms with E-state index in [4.69, 9.17) is 9.47 Å². The maximum atomic E-state index is 13.0. The molecule has 1 aromatic carbocycles. The molecule has 0 unspecified atom stereocenters. The van der Waals surface area contributed by atoms with E-state index in [9.17, 15) is 9.59 Å². The van der Waals surface area contributed by atoms with Crippen LogP contribution >= 0.6 is 15.9 Å². The van der Waals surface area contributed by atoms with Crippen molar-refractivity contribution in [3.8, 4) is 5.75 Å². The number of halogens is 1. The van der Waals surface area contributed by atoms with Crippen LogP contribution in [-0.4, -0.2) is 33.9 Å². The van der Waals surface area contributed by atoms with Crippen LogP contribution in [0.3, 0.4) is 0 Å². The van der Waals surface area contributed by atoms with Crippen LogP contribution in [0.15, 0.2) is 33.7 Å². The molecule has 0 aliphatic rings. The van der Waals surface area contributed by atoms with Crippen molar-refractivity contribution >= 4 is 43.7 Å². The van der Waals surface area contributed by atoms with Crippen molar-refractivity contribution in [2.45, 2.75) is 59.6 Å². The molecule has 0 aliphatic heterocycles. The number of aromatic nitrogens is 2. The lowest BCUT2D eigenvalue weighted by Gasteiger charge is -2.25. The summed E-state index contributed by atoms with van der Waals surface area (Å²) in [7, 11) is 1.75. The molecule has 1 N–H and O–H groups in total. The Morgan fingerprint density at radius 1 is 1.24 bits per heavy atom. The number of hydrogen-bond donors (Lipinski definition) is 1. The fourth-order valence-corrected chi connectivity index (χ4v) is 4.34. The number of ether oxygens (including phenoxy) is 2. The maximum Gasteiger partial charge on any atom is 0.407 e. The van der Waals surface area contributed by atoms with Crippen molar-refractivity contribution in [3.63, 3.8) is 0 Å². The van der Waals surface area contributed by atoms with Gasteiger partial charge in [-0.1, -0.05) is 13.8 Å². The molecular formula is C25H32BrN3O4. The summed E-state index contributed by atoms with van der Waals surface area (Å²) in [6, 6.07) is 5.46. The van der Waals surface area contributed by atoms with Gasteiger partial charge in [0.2, 0.25) is 0 Å². The monoisotopic (exact) mass is 517 g/mol. The molecule has 0 saturated carbocycles. The first-order valence-corrected chi connectivity index (χ1v) is 11.9. The normalized spacial score (nSPS) is 12.9. The lowest BCUT2D eigenvalue weighted by Crippen LogP contribution is -2.42. The van der Waals surface area contributed by atoms with Crippen molar-refractivity contribution in [3.05, 3.63) is 44.9 Å². The van der Waals surface area contributed by atoms with E-state index in [1.807, 2.05) is 45.9 Å². The number of nitrogens with zero attached hydrogens (tertiary/aromatic N) is 2. The summed E-state index contributed by atoms with van der Waals surface area (Å²) in [5.74, 6) is 0.958. The molecule has 3 aromatic rings. The molecule has 0 saturated heterocycles. The van der Waals surface area contributed by atoms with Crippen molar-refractivity contribution in [2.24, 2.45) is 13.0 Å². The molecule has 0 fully saturated rings. The number of hydrogen-bond acceptors (Lipinski definition) is 5. The number of aryl methyl sites for hydroxylation is 2. The zero-order valence-electron chi connectivity index (χ0n) is 20.3. The van der Waals surface area contributed by atoms with Crippen molar-refractivity contribution in [1.82, 2.24) is 14.9 Å². The van der Waals surface area contributed by atoms with Crippen molar-refractivity contribution < 1.29 is 14.3 Å². The van der Waals surface area contributed by atoms with Gasteiger partial charge in [0, 0.05) is 24.7 Å². The third kappa shape index (κ3) is 5.85. The number of benzene rings is 1. The predicted octanol–water partition coefficient (Wildman–Crippen LogP) is 5.48. The minimum absolute atomic E-state index is 0.0966. The SMILES string of the molecule is Cc1nccc2c1c(=O)n(C)c1cc(OC[C@@H](CC(C)C)NC(=O)OC(C)(C)C)c(Br)cc21. The van der Waals surface area contributed by atoms with E-state index in [0.29, 0.717) is 22.7 Å². The van der Waals surface area contributed by atoms with Gasteiger partial charge in [0.15, 0.2) is 0 Å². The number of carbonyl (C=O) groups excluding carboxylic acids is 1. The second-order valence-electron chi connectivity index (χ2n) is 9.77. The number of nitrogens with one attached hydrogen (secondary N) is 1. The molecule has 8 heteroatoms. The first kappa shape index (κ1) is 25.0. The molecule has 2 aromatic heterocycles. The molecule has 178 valence electrons. The van der Waals surface area contributed by atoms with Gasteiger partial charge in [-0.3, -0.25) is 9.78 Å². The summed E-state index contributed by atoms with van der Waals surface area (Å²) in [6.45, 7) is 11.8. The van der Waals surface area contributed by atoms with Crippen LogP contribution in [0.2, 0.25) is 0 Å². The minimum Gasteiger partial charge on any atom is -0.490 e. The number of rotatable bonds is 6. The predicted molar refractivity (Wildman–Crippen MR) is 135 cm³/mol. The Morgan fingerprint density at radius 2 is 1.94 bits per heavy atom. The van der Waals surface area contributed by atoms with E-state index in [0.717, 1.165) is 27.2 Å². The summed E-state index contributed by atoms with van der Waals surface area (Å²) in [4.78, 5) is 29.6. The Hall–Kier alpha value is -2.61. The molecule has 0 radical (unpaired) electrons. The zero-order chi connectivity index (χ0) is 24.5. The van der Waals surface area contributed by atoms with Gasteiger partial charge in [-0.05, 0) is 73.5 Å². The second kappa shape index (κ2) is 9.71. The molecule has 1 atom stereocenters. The quantitative estimate of drug-likeness (QED) is 0.438. The van der Waals surface area contributed by atoms with E-state index in [1.165, 1.54) is 0 Å². The average molecular weight is 518 g/mol. The van der Waals surface area contributed by atoms with E-state index in [2.05, 4.69) is 40.1 Å². The van der Waals surface area contributed by atoms with Gasteiger partial charge in [0.1, 0.15) is 18.0 Å². The molecular weight excluding hydrogens is 486 g/mol. The molecule has 7 nitrogen and oxygen atoms in total. The Labute approximate surface area is 202 Å².